The van der Waals surface area contributed by atoms with Crippen LogP contribution in [0.5, 0.6) is 5.75 Å². The Morgan fingerprint density at radius 2 is 2.20 bits per heavy atom. The van der Waals surface area contributed by atoms with Gasteiger partial charge in [0.1, 0.15) is 5.75 Å². The van der Waals surface area contributed by atoms with Crippen LogP contribution in [0.4, 0.5) is 0 Å². The van der Waals surface area contributed by atoms with E-state index in [4.69, 9.17) is 4.74 Å². The molecule has 0 heterocycles. The molecule has 15 heavy (non-hydrogen) atoms. The summed E-state index contributed by atoms with van der Waals surface area (Å²) >= 11 is 1.75. The maximum atomic E-state index is 9.60. The van der Waals surface area contributed by atoms with Crippen molar-refractivity contribution in [1.29, 1.82) is 0 Å². The van der Waals surface area contributed by atoms with Gasteiger partial charge in [0.2, 0.25) is 0 Å². The van der Waals surface area contributed by atoms with Crippen LogP contribution in [0.3, 0.4) is 0 Å². The van der Waals surface area contributed by atoms with Crippen LogP contribution in [0.1, 0.15) is 24.2 Å². The second-order valence-electron chi connectivity index (χ2n) is 3.56. The molecule has 0 spiro atoms. The van der Waals surface area contributed by atoms with Crippen LogP contribution >= 0.6 is 11.8 Å². The van der Waals surface area contributed by atoms with Gasteiger partial charge in [0, 0.05) is 11.3 Å². The lowest BCUT2D eigenvalue weighted by molar-refractivity contribution is 0.192. The molecule has 0 unspecified atom stereocenters. The van der Waals surface area contributed by atoms with Crippen molar-refractivity contribution in [3.05, 3.63) is 29.3 Å². The maximum absolute atomic E-state index is 9.60. The van der Waals surface area contributed by atoms with Crippen LogP contribution in [0.15, 0.2) is 18.2 Å². The molecule has 0 aliphatic heterocycles. The van der Waals surface area contributed by atoms with Crippen LogP contribution in [0, 0.1) is 6.92 Å². The average Bonchev–Trinajstić information content (AvgIpc) is 2.20. The van der Waals surface area contributed by atoms with Gasteiger partial charge < -0.3 is 9.84 Å². The molecule has 0 radical (unpaired) electrons. The average molecular weight is 226 g/mol. The monoisotopic (exact) mass is 226 g/mol. The van der Waals surface area contributed by atoms with Gasteiger partial charge >= 0.3 is 0 Å². The first kappa shape index (κ1) is 12.4. The van der Waals surface area contributed by atoms with Gasteiger partial charge in [0.25, 0.3) is 0 Å². The van der Waals surface area contributed by atoms with Gasteiger partial charge in [-0.3, -0.25) is 0 Å². The summed E-state index contributed by atoms with van der Waals surface area (Å²) in [5.41, 5.74) is 2.01. The number of aliphatic hydroxyl groups excluding tert-OH is 1. The molecule has 3 heteroatoms. The zero-order chi connectivity index (χ0) is 11.3. The molecule has 0 fully saturated rings. The molecule has 0 aromatic heterocycles. The predicted octanol–water partition coefficient (Wildman–Crippen LogP) is 2.79. The van der Waals surface area contributed by atoms with Gasteiger partial charge in [-0.1, -0.05) is 11.6 Å². The van der Waals surface area contributed by atoms with Crippen LogP contribution in [-0.4, -0.2) is 23.7 Å². The molecule has 2 nitrogen and oxygen atoms in total. The van der Waals surface area contributed by atoms with E-state index in [0.717, 1.165) is 22.6 Å². The van der Waals surface area contributed by atoms with Crippen molar-refractivity contribution >= 4 is 11.8 Å². The molecule has 1 atom stereocenters. The fourth-order valence-electron chi connectivity index (χ4n) is 1.36. The molecule has 0 saturated carbocycles. The third-order valence-corrected chi connectivity index (χ3v) is 2.74. The number of aliphatic hydroxyl groups is 1. The van der Waals surface area contributed by atoms with Crippen molar-refractivity contribution in [2.75, 3.05) is 18.6 Å². The van der Waals surface area contributed by atoms with E-state index in [-0.39, 0.29) is 0 Å². The summed E-state index contributed by atoms with van der Waals surface area (Å²) in [7, 11) is 0. The summed E-state index contributed by atoms with van der Waals surface area (Å²) in [6, 6.07) is 5.90. The molecule has 84 valence electrons. The van der Waals surface area contributed by atoms with Crippen LogP contribution < -0.4 is 4.74 Å². The van der Waals surface area contributed by atoms with Gasteiger partial charge in [0.15, 0.2) is 0 Å². The predicted molar refractivity (Wildman–Crippen MR) is 65.7 cm³/mol. The Morgan fingerprint density at radius 1 is 1.47 bits per heavy atom. The number of ether oxygens (including phenoxy) is 1. The Kier molecular flexibility index (Phi) is 4.99. The normalized spacial score (nSPS) is 12.5. The Bertz CT molecular complexity index is 310. The SMILES string of the molecule is CSCCOc1ccc(C)cc1[C@H](C)O. The Morgan fingerprint density at radius 3 is 2.80 bits per heavy atom. The van der Waals surface area contributed by atoms with Crippen LogP contribution in [-0.2, 0) is 0 Å². The van der Waals surface area contributed by atoms with Crippen molar-refractivity contribution in [1.82, 2.24) is 0 Å². The minimum Gasteiger partial charge on any atom is -0.492 e. The second kappa shape index (κ2) is 6.03. The van der Waals surface area contributed by atoms with Crippen molar-refractivity contribution in [3.63, 3.8) is 0 Å². The largest absolute Gasteiger partial charge is 0.492 e. The summed E-state index contributed by atoms with van der Waals surface area (Å²) in [5, 5.41) is 9.60. The molecular weight excluding hydrogens is 208 g/mol. The summed E-state index contributed by atoms with van der Waals surface area (Å²) in [5.74, 6) is 1.76. The first-order valence-electron chi connectivity index (χ1n) is 5.05. The highest BCUT2D eigenvalue weighted by Crippen LogP contribution is 2.26. The summed E-state index contributed by atoms with van der Waals surface area (Å²) in [6.07, 6.45) is 1.57. The molecule has 0 aliphatic rings. The van der Waals surface area contributed by atoms with Gasteiger partial charge in [0.05, 0.1) is 12.7 Å². The third kappa shape index (κ3) is 3.76. The van der Waals surface area contributed by atoms with Gasteiger partial charge in [-0.05, 0) is 32.2 Å². The molecule has 0 aliphatic carbocycles. The molecule has 1 aromatic carbocycles. The first-order valence-corrected chi connectivity index (χ1v) is 6.45. The zero-order valence-electron chi connectivity index (χ0n) is 9.49. The van der Waals surface area contributed by atoms with E-state index in [9.17, 15) is 5.11 Å². The lowest BCUT2D eigenvalue weighted by atomic mass is 10.1. The first-order chi connectivity index (χ1) is 7.15. The lowest BCUT2D eigenvalue weighted by Gasteiger charge is -2.13. The lowest BCUT2D eigenvalue weighted by Crippen LogP contribution is -2.04. The molecule has 0 amide bonds. The summed E-state index contributed by atoms with van der Waals surface area (Å²) in [4.78, 5) is 0. The third-order valence-electron chi connectivity index (χ3n) is 2.16. The van der Waals surface area contributed by atoms with E-state index in [1.165, 1.54) is 0 Å². The van der Waals surface area contributed by atoms with E-state index >= 15 is 0 Å². The van der Waals surface area contributed by atoms with Crippen LogP contribution in [0.25, 0.3) is 0 Å². The molecular formula is C12H18O2S. The van der Waals surface area contributed by atoms with Crippen molar-refractivity contribution in [3.8, 4) is 5.75 Å². The molecule has 0 saturated heterocycles. The van der Waals surface area contributed by atoms with Crippen molar-refractivity contribution in [2.24, 2.45) is 0 Å². The van der Waals surface area contributed by atoms with E-state index in [1.54, 1.807) is 18.7 Å². The minimum atomic E-state index is -0.478. The number of thioether (sulfide) groups is 1. The Hall–Kier alpha value is -0.670. The fraction of sp³-hybridized carbons (Fsp3) is 0.500. The van der Waals surface area contributed by atoms with E-state index < -0.39 is 6.10 Å². The number of hydrogen-bond acceptors (Lipinski definition) is 3. The van der Waals surface area contributed by atoms with Crippen molar-refractivity contribution < 1.29 is 9.84 Å². The van der Waals surface area contributed by atoms with E-state index in [2.05, 4.69) is 0 Å². The van der Waals surface area contributed by atoms with E-state index in [1.807, 2.05) is 31.4 Å². The number of rotatable bonds is 5. The Labute approximate surface area is 95.7 Å². The number of aryl methyl sites for hydroxylation is 1. The Balaban J connectivity index is 2.77. The highest BCUT2D eigenvalue weighted by molar-refractivity contribution is 7.98. The zero-order valence-corrected chi connectivity index (χ0v) is 10.3. The van der Waals surface area contributed by atoms with Crippen LogP contribution in [0.2, 0.25) is 0 Å². The highest BCUT2D eigenvalue weighted by Gasteiger charge is 2.08. The van der Waals surface area contributed by atoms with Gasteiger partial charge in [-0.15, -0.1) is 0 Å². The molecule has 1 N–H and O–H groups in total. The smallest absolute Gasteiger partial charge is 0.125 e. The number of hydrogen-bond donors (Lipinski definition) is 1. The summed E-state index contributed by atoms with van der Waals surface area (Å²) < 4.78 is 5.61. The maximum Gasteiger partial charge on any atom is 0.125 e. The fourth-order valence-corrected chi connectivity index (χ4v) is 1.61. The van der Waals surface area contributed by atoms with E-state index in [0.29, 0.717) is 6.61 Å². The van der Waals surface area contributed by atoms with Gasteiger partial charge in [-0.25, -0.2) is 0 Å². The molecule has 0 bridgehead atoms. The second-order valence-corrected chi connectivity index (χ2v) is 4.54. The number of benzene rings is 1. The van der Waals surface area contributed by atoms with Crippen molar-refractivity contribution in [2.45, 2.75) is 20.0 Å². The standard InChI is InChI=1S/C12H18O2S/c1-9-4-5-12(14-6-7-15-3)11(8-9)10(2)13/h4-5,8,10,13H,6-7H2,1-3H3/t10-/m0/s1. The van der Waals surface area contributed by atoms with Gasteiger partial charge in [-0.2, -0.15) is 11.8 Å². The molecule has 1 rings (SSSR count). The highest BCUT2D eigenvalue weighted by atomic mass is 32.2. The summed E-state index contributed by atoms with van der Waals surface area (Å²) in [6.45, 7) is 4.46. The molecule has 1 aromatic rings. The topological polar surface area (TPSA) is 29.5 Å². The quantitative estimate of drug-likeness (QED) is 0.783. The minimum absolute atomic E-state index is 0.478.